The number of aryl methyl sites for hydroxylation is 3. The molecule has 6 heteroatoms. The zero-order valence-electron chi connectivity index (χ0n) is 21.0. The first-order valence-electron chi connectivity index (χ1n) is 12.4. The highest BCUT2D eigenvalue weighted by atomic mass is 35.5. The molecule has 0 aliphatic heterocycles. The van der Waals surface area contributed by atoms with E-state index in [4.69, 9.17) is 21.1 Å². The van der Waals surface area contributed by atoms with Gasteiger partial charge in [0.1, 0.15) is 5.75 Å². The molecule has 0 fully saturated rings. The van der Waals surface area contributed by atoms with Crippen LogP contribution in [0.5, 0.6) is 5.75 Å². The second-order valence-electron chi connectivity index (χ2n) is 8.84. The molecule has 0 unspecified atom stereocenters. The molecule has 3 aromatic rings. The van der Waals surface area contributed by atoms with Gasteiger partial charge in [-0.3, -0.25) is 9.59 Å². The lowest BCUT2D eigenvalue weighted by Gasteiger charge is -2.11. The number of nitrogens with one attached hydrogen (secondary N) is 1. The van der Waals surface area contributed by atoms with Gasteiger partial charge in [0.2, 0.25) is 5.91 Å². The van der Waals surface area contributed by atoms with Crippen LogP contribution >= 0.6 is 11.6 Å². The van der Waals surface area contributed by atoms with Crippen LogP contribution in [0.15, 0.2) is 66.7 Å². The summed E-state index contributed by atoms with van der Waals surface area (Å²) < 4.78 is 10.6. The van der Waals surface area contributed by atoms with Crippen LogP contribution < -0.4 is 10.1 Å². The van der Waals surface area contributed by atoms with Crippen molar-refractivity contribution >= 4 is 29.2 Å². The van der Waals surface area contributed by atoms with Gasteiger partial charge in [-0.15, -0.1) is 0 Å². The Balaban J connectivity index is 1.39. The third kappa shape index (κ3) is 9.04. The maximum absolute atomic E-state index is 12.5. The summed E-state index contributed by atoms with van der Waals surface area (Å²) in [6.07, 6.45) is 5.46. The van der Waals surface area contributed by atoms with Gasteiger partial charge >= 0.3 is 5.97 Å². The minimum absolute atomic E-state index is 0.0559. The fourth-order valence-electron chi connectivity index (χ4n) is 3.97. The first kappa shape index (κ1) is 27.3. The number of anilines is 1. The van der Waals surface area contributed by atoms with E-state index in [1.165, 1.54) is 12.7 Å². The van der Waals surface area contributed by atoms with Gasteiger partial charge in [0, 0.05) is 17.1 Å². The van der Waals surface area contributed by atoms with E-state index in [1.54, 1.807) is 18.2 Å². The average Bonchev–Trinajstić information content (AvgIpc) is 2.88. The number of methoxy groups -OCH3 is 1. The molecule has 36 heavy (non-hydrogen) atoms. The molecule has 0 radical (unpaired) electrons. The van der Waals surface area contributed by atoms with Crippen LogP contribution in [0.4, 0.5) is 5.69 Å². The largest absolute Gasteiger partial charge is 0.494 e. The lowest BCUT2D eigenvalue weighted by atomic mass is 10.0. The van der Waals surface area contributed by atoms with Crippen LogP contribution in [0.25, 0.3) is 0 Å². The van der Waals surface area contributed by atoms with E-state index in [0.29, 0.717) is 35.7 Å². The molecule has 0 saturated carbocycles. The van der Waals surface area contributed by atoms with Crippen molar-refractivity contribution < 1.29 is 19.1 Å². The number of benzene rings is 3. The summed E-state index contributed by atoms with van der Waals surface area (Å²) in [5, 5.41) is 3.34. The monoisotopic (exact) mass is 507 g/mol. The summed E-state index contributed by atoms with van der Waals surface area (Å²) in [5.74, 6) is 0.381. The number of halogens is 1. The summed E-state index contributed by atoms with van der Waals surface area (Å²) >= 11 is 6.15. The molecule has 0 aromatic heterocycles. The number of rotatable bonds is 13. The highest BCUT2D eigenvalue weighted by molar-refractivity contribution is 6.31. The summed E-state index contributed by atoms with van der Waals surface area (Å²) in [6.45, 7) is 2.74. The second kappa shape index (κ2) is 14.3. The van der Waals surface area contributed by atoms with Crippen molar-refractivity contribution in [2.75, 3.05) is 19.0 Å². The number of esters is 1. The van der Waals surface area contributed by atoms with Crippen molar-refractivity contribution in [3.8, 4) is 5.75 Å². The number of hydrogen-bond donors (Lipinski definition) is 1. The van der Waals surface area contributed by atoms with Gasteiger partial charge in [-0.05, 0) is 91.6 Å². The van der Waals surface area contributed by atoms with Gasteiger partial charge in [0.05, 0.1) is 20.1 Å². The number of amides is 1. The molecule has 1 amide bonds. The molecule has 0 spiro atoms. The Kier molecular flexibility index (Phi) is 10.8. The highest BCUT2D eigenvalue weighted by Gasteiger charge is 2.11. The predicted molar refractivity (Wildman–Crippen MR) is 145 cm³/mol. The summed E-state index contributed by atoms with van der Waals surface area (Å²) in [4.78, 5) is 24.1. The second-order valence-corrected chi connectivity index (χ2v) is 9.25. The van der Waals surface area contributed by atoms with Crippen LogP contribution in [0.1, 0.15) is 47.9 Å². The Morgan fingerprint density at radius 3 is 2.44 bits per heavy atom. The topological polar surface area (TPSA) is 64.6 Å². The summed E-state index contributed by atoms with van der Waals surface area (Å²) in [7, 11) is 1.33. The lowest BCUT2D eigenvalue weighted by molar-refractivity contribution is -0.139. The number of hydrogen-bond acceptors (Lipinski definition) is 4. The Hall–Kier alpha value is -3.31. The minimum atomic E-state index is -0.383. The van der Waals surface area contributed by atoms with Crippen molar-refractivity contribution in [2.45, 2.75) is 51.9 Å². The average molecular weight is 508 g/mol. The molecule has 0 heterocycles. The van der Waals surface area contributed by atoms with Gasteiger partial charge in [-0.1, -0.05) is 48.0 Å². The fraction of sp³-hybridized carbons (Fsp3) is 0.333. The summed E-state index contributed by atoms with van der Waals surface area (Å²) in [5.41, 5.74) is 4.82. The fourth-order valence-corrected chi connectivity index (χ4v) is 4.15. The van der Waals surface area contributed by atoms with Crippen molar-refractivity contribution in [2.24, 2.45) is 0 Å². The molecular weight excluding hydrogens is 474 g/mol. The summed E-state index contributed by atoms with van der Waals surface area (Å²) in [6, 6.07) is 21.7. The van der Waals surface area contributed by atoms with Gasteiger partial charge in [0.15, 0.2) is 0 Å². The lowest BCUT2D eigenvalue weighted by Crippen LogP contribution is -2.13. The predicted octanol–water partition coefficient (Wildman–Crippen LogP) is 6.73. The van der Waals surface area contributed by atoms with Crippen molar-refractivity contribution in [1.82, 2.24) is 0 Å². The van der Waals surface area contributed by atoms with E-state index in [1.807, 2.05) is 31.2 Å². The molecule has 0 atom stereocenters. The molecule has 0 aliphatic carbocycles. The molecule has 0 bridgehead atoms. The maximum Gasteiger partial charge on any atom is 0.310 e. The first-order chi connectivity index (χ1) is 17.4. The van der Waals surface area contributed by atoms with E-state index < -0.39 is 0 Å². The first-order valence-corrected chi connectivity index (χ1v) is 12.7. The normalized spacial score (nSPS) is 10.6. The van der Waals surface area contributed by atoms with E-state index in [9.17, 15) is 9.59 Å². The van der Waals surface area contributed by atoms with Crippen LogP contribution in [0, 0.1) is 6.92 Å². The van der Waals surface area contributed by atoms with Crippen LogP contribution in [0.2, 0.25) is 5.02 Å². The third-order valence-electron chi connectivity index (χ3n) is 6.05. The maximum atomic E-state index is 12.5. The van der Waals surface area contributed by atoms with E-state index >= 15 is 0 Å². The van der Waals surface area contributed by atoms with Crippen molar-refractivity contribution in [3.05, 3.63) is 94.0 Å². The number of unbranched alkanes of at least 4 members (excludes halogenated alkanes) is 2. The Bertz CT molecular complexity index is 1150. The molecule has 5 nitrogen and oxygen atoms in total. The highest BCUT2D eigenvalue weighted by Crippen LogP contribution is 2.23. The van der Waals surface area contributed by atoms with Crippen molar-refractivity contribution in [1.29, 1.82) is 0 Å². The number of carbonyl (C=O) groups excluding carboxylic acids is 2. The Morgan fingerprint density at radius 1 is 0.889 bits per heavy atom. The molecule has 0 saturated heterocycles. The molecule has 3 rings (SSSR count). The third-order valence-corrected chi connectivity index (χ3v) is 6.42. The van der Waals surface area contributed by atoms with Gasteiger partial charge < -0.3 is 14.8 Å². The van der Waals surface area contributed by atoms with Crippen LogP contribution in [-0.2, 0) is 33.6 Å². The molecular formula is C30H34ClNO4. The Morgan fingerprint density at radius 2 is 1.69 bits per heavy atom. The number of carbonyl (C=O) groups is 2. The quantitative estimate of drug-likeness (QED) is 0.206. The van der Waals surface area contributed by atoms with Crippen molar-refractivity contribution in [3.63, 3.8) is 0 Å². The smallest absolute Gasteiger partial charge is 0.310 e. The van der Waals surface area contributed by atoms with E-state index in [2.05, 4.69) is 29.6 Å². The molecule has 3 aromatic carbocycles. The van der Waals surface area contributed by atoms with Crippen LogP contribution in [0.3, 0.4) is 0 Å². The molecule has 190 valence electrons. The zero-order valence-corrected chi connectivity index (χ0v) is 21.8. The van der Waals surface area contributed by atoms with Gasteiger partial charge in [0.25, 0.3) is 0 Å². The number of ether oxygens (including phenoxy) is 2. The standard InChI is InChI=1S/C30H34ClNO4/c1-22-19-27(36-18-8-4-7-11-23-9-5-3-6-10-23)15-12-24(22)13-17-29(33)32-26-14-16-28(31)25(20-26)21-30(34)35-2/h3,5-6,9-10,12,14-16,19-20H,4,7-8,11,13,17-18,21H2,1-2H3,(H,32,33). The Labute approximate surface area is 218 Å². The minimum Gasteiger partial charge on any atom is -0.494 e. The van der Waals surface area contributed by atoms with Gasteiger partial charge in [-0.2, -0.15) is 0 Å². The van der Waals surface area contributed by atoms with E-state index in [0.717, 1.165) is 42.6 Å². The van der Waals surface area contributed by atoms with E-state index in [-0.39, 0.29) is 18.3 Å². The molecule has 1 N–H and O–H groups in total. The van der Waals surface area contributed by atoms with Crippen LogP contribution in [-0.4, -0.2) is 25.6 Å². The zero-order chi connectivity index (χ0) is 25.8. The SMILES string of the molecule is COC(=O)Cc1cc(NC(=O)CCc2ccc(OCCCCCc3ccccc3)cc2C)ccc1Cl. The molecule has 0 aliphatic rings. The van der Waals surface area contributed by atoms with Gasteiger partial charge in [-0.25, -0.2) is 0 Å².